The highest BCUT2D eigenvalue weighted by molar-refractivity contribution is 5.83. The fourth-order valence-electron chi connectivity index (χ4n) is 1.61. The number of tetrazole rings is 1. The summed E-state index contributed by atoms with van der Waals surface area (Å²) in [4.78, 5) is 11.2. The molecule has 0 saturated heterocycles. The lowest BCUT2D eigenvalue weighted by Crippen LogP contribution is -1.99. The zero-order chi connectivity index (χ0) is 13.2. The normalized spacial score (nSPS) is 10.7. The maximum absolute atomic E-state index is 11.2. The summed E-state index contributed by atoms with van der Waals surface area (Å²) in [7, 11) is 0. The van der Waals surface area contributed by atoms with Crippen molar-refractivity contribution in [1.29, 1.82) is 0 Å². The van der Waals surface area contributed by atoms with Gasteiger partial charge in [-0.25, -0.2) is 4.79 Å². The van der Waals surface area contributed by atoms with Crippen LogP contribution in [0.25, 0.3) is 11.0 Å². The van der Waals surface area contributed by atoms with Gasteiger partial charge in [-0.15, -0.1) is 10.2 Å². The van der Waals surface area contributed by atoms with Gasteiger partial charge in [-0.2, -0.15) is 5.21 Å². The zero-order valence-corrected chi connectivity index (χ0v) is 9.53. The monoisotopic (exact) mass is 260 g/mol. The number of fused-ring (bicyclic) bond motifs is 1. The van der Waals surface area contributed by atoms with Crippen molar-refractivity contribution in [3.63, 3.8) is 0 Å². The Hall–Kier alpha value is -2.90. The van der Waals surface area contributed by atoms with Crippen LogP contribution < -0.4 is 10.4 Å². The SMILES string of the molecule is O=c1cc(O)c2ccc(OCc3nn[nH]n3)cc2o1. The number of rotatable bonds is 3. The van der Waals surface area contributed by atoms with E-state index in [9.17, 15) is 9.90 Å². The van der Waals surface area contributed by atoms with Crippen molar-refractivity contribution in [2.24, 2.45) is 0 Å². The lowest BCUT2D eigenvalue weighted by molar-refractivity contribution is 0.296. The molecule has 0 unspecified atom stereocenters. The third-order valence-corrected chi connectivity index (χ3v) is 2.45. The van der Waals surface area contributed by atoms with E-state index < -0.39 is 5.63 Å². The van der Waals surface area contributed by atoms with E-state index in [2.05, 4.69) is 20.6 Å². The molecule has 3 rings (SSSR count). The van der Waals surface area contributed by atoms with Crippen molar-refractivity contribution in [2.45, 2.75) is 6.61 Å². The van der Waals surface area contributed by atoms with Gasteiger partial charge in [0.05, 0.1) is 11.5 Å². The lowest BCUT2D eigenvalue weighted by Gasteiger charge is -2.04. The molecule has 2 aromatic heterocycles. The van der Waals surface area contributed by atoms with Crippen LogP contribution in [-0.4, -0.2) is 25.7 Å². The van der Waals surface area contributed by atoms with E-state index >= 15 is 0 Å². The minimum absolute atomic E-state index is 0.129. The van der Waals surface area contributed by atoms with Crippen molar-refractivity contribution < 1.29 is 14.3 Å². The van der Waals surface area contributed by atoms with Crippen LogP contribution in [0.1, 0.15) is 5.82 Å². The number of hydrogen-bond acceptors (Lipinski definition) is 7. The van der Waals surface area contributed by atoms with E-state index in [1.54, 1.807) is 12.1 Å². The van der Waals surface area contributed by atoms with Gasteiger partial charge in [-0.05, 0) is 12.1 Å². The Morgan fingerprint density at radius 1 is 1.37 bits per heavy atom. The first-order valence-electron chi connectivity index (χ1n) is 5.34. The van der Waals surface area contributed by atoms with Gasteiger partial charge >= 0.3 is 5.63 Å². The summed E-state index contributed by atoms with van der Waals surface area (Å²) >= 11 is 0. The highest BCUT2D eigenvalue weighted by Crippen LogP contribution is 2.26. The molecular formula is C11H8N4O4. The molecule has 96 valence electrons. The molecule has 1 aromatic carbocycles. The summed E-state index contributed by atoms with van der Waals surface area (Å²) < 4.78 is 10.4. The van der Waals surface area contributed by atoms with E-state index in [1.807, 2.05) is 0 Å². The topological polar surface area (TPSA) is 114 Å². The third kappa shape index (κ3) is 2.23. The smallest absolute Gasteiger partial charge is 0.339 e. The summed E-state index contributed by atoms with van der Waals surface area (Å²) in [6, 6.07) is 5.76. The number of aromatic nitrogens is 4. The number of benzene rings is 1. The standard InChI is InChI=1S/C11H8N4O4/c16-8-4-11(17)19-9-3-6(1-2-7(8)9)18-5-10-12-14-15-13-10/h1-4,16H,5H2,(H,12,13,14,15). The number of ether oxygens (including phenoxy) is 1. The molecule has 0 radical (unpaired) electrons. The molecule has 2 heterocycles. The number of nitrogens with zero attached hydrogens (tertiary/aromatic N) is 3. The Kier molecular flexibility index (Phi) is 2.60. The van der Waals surface area contributed by atoms with Crippen LogP contribution in [0.3, 0.4) is 0 Å². The predicted molar refractivity (Wildman–Crippen MR) is 62.7 cm³/mol. The van der Waals surface area contributed by atoms with Crippen molar-refractivity contribution in [3.05, 3.63) is 40.5 Å². The minimum Gasteiger partial charge on any atom is -0.507 e. The molecule has 0 aliphatic rings. The van der Waals surface area contributed by atoms with E-state index in [1.165, 1.54) is 6.07 Å². The lowest BCUT2D eigenvalue weighted by atomic mass is 10.2. The van der Waals surface area contributed by atoms with Gasteiger partial charge in [0.25, 0.3) is 0 Å². The van der Waals surface area contributed by atoms with Crippen LogP contribution in [0.4, 0.5) is 0 Å². The van der Waals surface area contributed by atoms with Crippen LogP contribution in [-0.2, 0) is 6.61 Å². The number of nitrogens with one attached hydrogen (secondary N) is 1. The fraction of sp³-hybridized carbons (Fsp3) is 0.0909. The van der Waals surface area contributed by atoms with Crippen LogP contribution in [0, 0.1) is 0 Å². The third-order valence-electron chi connectivity index (χ3n) is 2.45. The van der Waals surface area contributed by atoms with Gasteiger partial charge in [-0.3, -0.25) is 0 Å². The molecule has 0 bridgehead atoms. The maximum Gasteiger partial charge on any atom is 0.339 e. The van der Waals surface area contributed by atoms with E-state index in [4.69, 9.17) is 9.15 Å². The van der Waals surface area contributed by atoms with E-state index in [0.717, 1.165) is 6.07 Å². The predicted octanol–water partition coefficient (Wildman–Crippen LogP) is 0.591. The van der Waals surface area contributed by atoms with Gasteiger partial charge in [0.15, 0.2) is 6.61 Å². The Labute approximate surface area is 105 Å². The molecule has 8 heteroatoms. The zero-order valence-electron chi connectivity index (χ0n) is 9.53. The molecule has 0 aliphatic carbocycles. The summed E-state index contributed by atoms with van der Waals surface area (Å²) in [6.45, 7) is 0.130. The number of hydrogen-bond donors (Lipinski definition) is 2. The molecule has 19 heavy (non-hydrogen) atoms. The Morgan fingerprint density at radius 3 is 3.05 bits per heavy atom. The van der Waals surface area contributed by atoms with Crippen molar-refractivity contribution >= 4 is 11.0 Å². The average Bonchev–Trinajstić information content (AvgIpc) is 2.88. The van der Waals surface area contributed by atoms with Crippen LogP contribution in [0.2, 0.25) is 0 Å². The second-order valence-electron chi connectivity index (χ2n) is 3.73. The molecule has 0 saturated carbocycles. The molecule has 0 aliphatic heterocycles. The highest BCUT2D eigenvalue weighted by atomic mass is 16.5. The van der Waals surface area contributed by atoms with Crippen molar-refractivity contribution in [1.82, 2.24) is 20.6 Å². The summed E-state index contributed by atoms with van der Waals surface area (Å²) in [5.74, 6) is 0.736. The molecule has 3 aromatic rings. The second kappa shape index (κ2) is 4.41. The molecular weight excluding hydrogens is 252 g/mol. The second-order valence-corrected chi connectivity index (χ2v) is 3.73. The summed E-state index contributed by atoms with van der Waals surface area (Å²) in [6.07, 6.45) is 0. The van der Waals surface area contributed by atoms with Gasteiger partial charge in [0, 0.05) is 6.07 Å². The largest absolute Gasteiger partial charge is 0.507 e. The van der Waals surface area contributed by atoms with E-state index in [0.29, 0.717) is 17.0 Å². The Morgan fingerprint density at radius 2 is 2.26 bits per heavy atom. The Bertz CT molecular complexity index is 766. The summed E-state index contributed by atoms with van der Waals surface area (Å²) in [5.41, 5.74) is -0.379. The number of aromatic amines is 1. The highest BCUT2D eigenvalue weighted by Gasteiger charge is 2.06. The molecule has 8 nitrogen and oxygen atoms in total. The number of aromatic hydroxyl groups is 1. The summed E-state index contributed by atoms with van der Waals surface area (Å²) in [5, 5.41) is 23.2. The molecule has 0 fully saturated rings. The van der Waals surface area contributed by atoms with Crippen molar-refractivity contribution in [3.8, 4) is 11.5 Å². The first kappa shape index (κ1) is 11.2. The number of H-pyrrole nitrogens is 1. The maximum atomic E-state index is 11.2. The van der Waals surface area contributed by atoms with Crippen LogP contribution in [0.5, 0.6) is 11.5 Å². The minimum atomic E-state index is -0.625. The molecule has 0 atom stereocenters. The fourth-order valence-corrected chi connectivity index (χ4v) is 1.61. The van der Waals surface area contributed by atoms with Gasteiger partial charge in [0.1, 0.15) is 17.1 Å². The van der Waals surface area contributed by atoms with Crippen molar-refractivity contribution in [2.75, 3.05) is 0 Å². The van der Waals surface area contributed by atoms with Gasteiger partial charge in [0.2, 0.25) is 5.82 Å². The van der Waals surface area contributed by atoms with Crippen LogP contribution >= 0.6 is 0 Å². The molecule has 2 N–H and O–H groups in total. The van der Waals surface area contributed by atoms with E-state index in [-0.39, 0.29) is 17.9 Å². The molecule has 0 spiro atoms. The van der Waals surface area contributed by atoms with Gasteiger partial charge < -0.3 is 14.3 Å². The van der Waals surface area contributed by atoms with Crippen LogP contribution in [0.15, 0.2) is 33.5 Å². The average molecular weight is 260 g/mol. The first-order valence-corrected chi connectivity index (χ1v) is 5.34. The Balaban J connectivity index is 1.91. The molecule has 0 amide bonds. The first-order chi connectivity index (χ1) is 9.22. The quantitative estimate of drug-likeness (QED) is 0.662. The van der Waals surface area contributed by atoms with Gasteiger partial charge in [-0.1, -0.05) is 5.21 Å².